The second-order valence-corrected chi connectivity index (χ2v) is 8.03. The maximum atomic E-state index is 12.4. The van der Waals surface area contributed by atoms with Gasteiger partial charge < -0.3 is 4.57 Å². The van der Waals surface area contributed by atoms with Crippen LogP contribution in [0.1, 0.15) is 12.7 Å². The highest BCUT2D eigenvalue weighted by molar-refractivity contribution is 7.98. The van der Waals surface area contributed by atoms with Crippen molar-refractivity contribution in [1.29, 1.82) is 0 Å². The number of hydrogen-bond acceptors (Lipinski definition) is 6. The molecule has 0 saturated heterocycles. The lowest BCUT2D eigenvalue weighted by Gasteiger charge is -2.06. The molecule has 0 atom stereocenters. The predicted octanol–water partition coefficient (Wildman–Crippen LogP) is 3.30. The Kier molecular flexibility index (Phi) is 3.80. The van der Waals surface area contributed by atoms with Crippen molar-refractivity contribution < 1.29 is 0 Å². The van der Waals surface area contributed by atoms with E-state index in [1.807, 2.05) is 34.0 Å². The first kappa shape index (κ1) is 16.5. The molecule has 4 heterocycles. The Morgan fingerprint density at radius 2 is 2.00 bits per heavy atom. The molecule has 0 saturated carbocycles. The Morgan fingerprint density at radius 1 is 1.15 bits per heavy atom. The van der Waals surface area contributed by atoms with Gasteiger partial charge in [0, 0.05) is 13.6 Å². The fourth-order valence-corrected chi connectivity index (χ4v) is 5.19. The SMILES string of the molecule is CCn1c(SCc2nnc3n(C)c(=O)c4sccc4n23)nc2ccccc21. The van der Waals surface area contributed by atoms with E-state index in [4.69, 9.17) is 4.98 Å². The molecular weight excluding hydrogens is 380 g/mol. The number of hydrogen-bond donors (Lipinski definition) is 0. The van der Waals surface area contributed by atoms with Gasteiger partial charge in [-0.2, -0.15) is 0 Å². The highest BCUT2D eigenvalue weighted by atomic mass is 32.2. The maximum Gasteiger partial charge on any atom is 0.272 e. The van der Waals surface area contributed by atoms with Gasteiger partial charge in [-0.1, -0.05) is 23.9 Å². The highest BCUT2D eigenvalue weighted by Gasteiger charge is 2.17. The number of nitrogens with zero attached hydrogens (tertiary/aromatic N) is 6. The molecule has 0 unspecified atom stereocenters. The molecule has 1 aromatic carbocycles. The van der Waals surface area contributed by atoms with Gasteiger partial charge in [0.1, 0.15) is 10.5 Å². The van der Waals surface area contributed by atoms with Gasteiger partial charge in [-0.25, -0.2) is 4.98 Å². The molecule has 4 aromatic heterocycles. The lowest BCUT2D eigenvalue weighted by atomic mass is 10.3. The third-order valence-corrected chi connectivity index (χ3v) is 6.53. The summed E-state index contributed by atoms with van der Waals surface area (Å²) in [6, 6.07) is 10.1. The first-order valence-corrected chi connectivity index (χ1v) is 10.4. The Balaban J connectivity index is 1.59. The van der Waals surface area contributed by atoms with E-state index >= 15 is 0 Å². The van der Waals surface area contributed by atoms with E-state index in [9.17, 15) is 4.79 Å². The Morgan fingerprint density at radius 3 is 2.85 bits per heavy atom. The summed E-state index contributed by atoms with van der Waals surface area (Å²) in [4.78, 5) is 17.2. The monoisotopic (exact) mass is 396 g/mol. The largest absolute Gasteiger partial charge is 0.319 e. The molecule has 136 valence electrons. The van der Waals surface area contributed by atoms with Crippen molar-refractivity contribution in [3.63, 3.8) is 0 Å². The molecule has 0 amide bonds. The molecule has 0 aliphatic carbocycles. The molecule has 5 aromatic rings. The fourth-order valence-electron chi connectivity index (χ4n) is 3.34. The molecule has 9 heteroatoms. The molecular formula is C18H16N6OS2. The van der Waals surface area contributed by atoms with Crippen LogP contribution in [0.2, 0.25) is 0 Å². The van der Waals surface area contributed by atoms with Crippen LogP contribution in [0, 0.1) is 0 Å². The van der Waals surface area contributed by atoms with Crippen LogP contribution in [0.4, 0.5) is 0 Å². The second-order valence-electron chi connectivity index (χ2n) is 6.17. The summed E-state index contributed by atoms with van der Waals surface area (Å²) in [5.74, 6) is 1.99. The van der Waals surface area contributed by atoms with Crippen molar-refractivity contribution in [3.8, 4) is 0 Å². The summed E-state index contributed by atoms with van der Waals surface area (Å²) in [5, 5.41) is 11.5. The van der Waals surface area contributed by atoms with Gasteiger partial charge in [0.15, 0.2) is 5.16 Å². The Hall–Kier alpha value is -2.65. The number of rotatable bonds is 4. The van der Waals surface area contributed by atoms with Gasteiger partial charge in [0.2, 0.25) is 5.78 Å². The maximum absolute atomic E-state index is 12.4. The van der Waals surface area contributed by atoms with E-state index in [2.05, 4.69) is 27.8 Å². The molecule has 27 heavy (non-hydrogen) atoms. The topological polar surface area (TPSA) is 70.0 Å². The van der Waals surface area contributed by atoms with Gasteiger partial charge in [0.05, 0.1) is 22.3 Å². The molecule has 7 nitrogen and oxygen atoms in total. The minimum atomic E-state index is -0.0353. The van der Waals surface area contributed by atoms with E-state index in [1.54, 1.807) is 23.4 Å². The van der Waals surface area contributed by atoms with Crippen molar-refractivity contribution in [2.24, 2.45) is 7.05 Å². The van der Waals surface area contributed by atoms with E-state index in [-0.39, 0.29) is 5.56 Å². The summed E-state index contributed by atoms with van der Waals surface area (Å²) in [7, 11) is 1.74. The molecule has 0 N–H and O–H groups in total. The van der Waals surface area contributed by atoms with Crippen LogP contribution in [0.15, 0.2) is 45.7 Å². The molecule has 0 bridgehead atoms. The van der Waals surface area contributed by atoms with E-state index < -0.39 is 0 Å². The Bertz CT molecular complexity index is 1360. The summed E-state index contributed by atoms with van der Waals surface area (Å²) < 4.78 is 6.46. The molecule has 5 rings (SSSR count). The number of thiophene rings is 1. The highest BCUT2D eigenvalue weighted by Crippen LogP contribution is 2.27. The summed E-state index contributed by atoms with van der Waals surface area (Å²) in [5.41, 5.74) is 2.96. The smallest absolute Gasteiger partial charge is 0.272 e. The first-order valence-electron chi connectivity index (χ1n) is 8.57. The van der Waals surface area contributed by atoms with E-state index in [1.165, 1.54) is 11.3 Å². The van der Waals surface area contributed by atoms with Crippen LogP contribution in [-0.4, -0.2) is 28.7 Å². The number of imidazole rings is 1. The van der Waals surface area contributed by atoms with E-state index in [0.717, 1.165) is 38.8 Å². The number of fused-ring (bicyclic) bond motifs is 4. The number of aryl methyl sites for hydroxylation is 2. The number of aromatic nitrogens is 6. The normalized spacial score (nSPS) is 11.9. The van der Waals surface area contributed by atoms with Crippen molar-refractivity contribution in [2.75, 3.05) is 0 Å². The van der Waals surface area contributed by atoms with Crippen LogP contribution in [0.5, 0.6) is 0 Å². The first-order chi connectivity index (χ1) is 13.2. The molecule has 0 spiro atoms. The fraction of sp³-hybridized carbons (Fsp3) is 0.222. The summed E-state index contributed by atoms with van der Waals surface area (Å²) in [6.07, 6.45) is 0. The Labute approximate surface area is 162 Å². The third kappa shape index (κ3) is 2.42. The van der Waals surface area contributed by atoms with Gasteiger partial charge in [-0.05, 0) is 30.5 Å². The average molecular weight is 397 g/mol. The summed E-state index contributed by atoms with van der Waals surface area (Å²) in [6.45, 7) is 2.97. The van der Waals surface area contributed by atoms with Crippen molar-refractivity contribution in [3.05, 3.63) is 51.9 Å². The van der Waals surface area contributed by atoms with Crippen LogP contribution in [0.3, 0.4) is 0 Å². The number of para-hydroxylation sites is 2. The minimum absolute atomic E-state index is 0.0353. The zero-order valence-corrected chi connectivity index (χ0v) is 16.4. The van der Waals surface area contributed by atoms with Gasteiger partial charge in [0.25, 0.3) is 5.56 Å². The molecule has 0 radical (unpaired) electrons. The zero-order valence-electron chi connectivity index (χ0n) is 14.8. The molecule has 0 aliphatic heterocycles. The van der Waals surface area contributed by atoms with Gasteiger partial charge in [-0.3, -0.25) is 13.8 Å². The minimum Gasteiger partial charge on any atom is -0.319 e. The van der Waals surface area contributed by atoms with E-state index in [0.29, 0.717) is 11.5 Å². The standard InChI is InChI=1S/C18H16N6OS2/c1-3-23-12-7-5-4-6-11(12)19-18(23)27-10-14-20-21-17-22(2)16(25)15-13(24(14)17)8-9-26-15/h4-9H,3,10H2,1-2H3. The van der Waals surface area contributed by atoms with Crippen molar-refractivity contribution >= 4 is 50.1 Å². The van der Waals surface area contributed by atoms with Crippen LogP contribution in [-0.2, 0) is 19.3 Å². The molecule has 0 fully saturated rings. The van der Waals surface area contributed by atoms with Crippen molar-refractivity contribution in [2.45, 2.75) is 24.4 Å². The van der Waals surface area contributed by atoms with Crippen LogP contribution >= 0.6 is 23.1 Å². The lowest BCUT2D eigenvalue weighted by Crippen LogP contribution is -2.19. The lowest BCUT2D eigenvalue weighted by molar-refractivity contribution is 0.702. The predicted molar refractivity (Wildman–Crippen MR) is 109 cm³/mol. The number of thioether (sulfide) groups is 1. The quantitative estimate of drug-likeness (QED) is 0.436. The van der Waals surface area contributed by atoms with Gasteiger partial charge in [-0.15, -0.1) is 21.5 Å². The van der Waals surface area contributed by atoms with Crippen LogP contribution < -0.4 is 5.56 Å². The third-order valence-electron chi connectivity index (χ3n) is 4.66. The van der Waals surface area contributed by atoms with Crippen molar-refractivity contribution in [1.82, 2.24) is 28.7 Å². The average Bonchev–Trinajstić information content (AvgIpc) is 3.39. The molecule has 0 aliphatic rings. The summed E-state index contributed by atoms with van der Waals surface area (Å²) >= 11 is 3.08. The van der Waals surface area contributed by atoms with Crippen LogP contribution in [0.25, 0.3) is 27.0 Å². The second kappa shape index (κ2) is 6.21. The number of benzene rings is 1. The van der Waals surface area contributed by atoms with Gasteiger partial charge >= 0.3 is 0 Å². The zero-order chi connectivity index (χ0) is 18.5.